The maximum Gasteiger partial charge on any atom is 0.169 e. The molecule has 2 nitrogen and oxygen atoms in total. The molecule has 0 unspecified atom stereocenters. The Morgan fingerprint density at radius 1 is 0.923 bits per heavy atom. The monoisotopic (exact) mass is 184 g/mol. The van der Waals surface area contributed by atoms with Crippen LogP contribution in [0.25, 0.3) is 0 Å². The molecule has 0 N–H and O–H groups in total. The highest BCUT2D eigenvalue weighted by Gasteiger charge is 2.45. The van der Waals surface area contributed by atoms with Crippen molar-refractivity contribution in [2.45, 2.75) is 64.4 Å². The second-order valence-corrected chi connectivity index (χ2v) is 4.74. The van der Waals surface area contributed by atoms with Gasteiger partial charge in [-0.3, -0.25) is 0 Å². The first kappa shape index (κ1) is 9.47. The molecule has 1 aliphatic heterocycles. The van der Waals surface area contributed by atoms with E-state index in [1.54, 1.807) is 0 Å². The van der Waals surface area contributed by atoms with Crippen LogP contribution in [-0.4, -0.2) is 18.0 Å². The van der Waals surface area contributed by atoms with Gasteiger partial charge in [0.1, 0.15) is 0 Å². The number of hydrogen-bond acceptors (Lipinski definition) is 2. The van der Waals surface area contributed by atoms with Gasteiger partial charge in [-0.1, -0.05) is 6.92 Å². The molecule has 1 saturated carbocycles. The summed E-state index contributed by atoms with van der Waals surface area (Å²) in [7, 11) is 0. The molecule has 2 fully saturated rings. The van der Waals surface area contributed by atoms with E-state index in [1.807, 2.05) is 0 Å². The van der Waals surface area contributed by atoms with Gasteiger partial charge in [-0.05, 0) is 32.6 Å². The largest absolute Gasteiger partial charge is 0.344 e. The van der Waals surface area contributed by atoms with Crippen LogP contribution in [0.1, 0.15) is 46.5 Å². The molecule has 1 saturated heterocycles. The lowest BCUT2D eigenvalue weighted by Gasteiger charge is -2.34. The van der Waals surface area contributed by atoms with E-state index in [9.17, 15) is 0 Å². The fourth-order valence-electron chi connectivity index (χ4n) is 2.33. The Hall–Kier alpha value is -0.0800. The summed E-state index contributed by atoms with van der Waals surface area (Å²) in [5.41, 5.74) is 0. The molecule has 0 aromatic heterocycles. The number of ether oxygens (including phenoxy) is 2. The Morgan fingerprint density at radius 3 is 1.85 bits per heavy atom. The van der Waals surface area contributed by atoms with Gasteiger partial charge in [-0.15, -0.1) is 0 Å². The third-order valence-corrected chi connectivity index (χ3v) is 3.50. The van der Waals surface area contributed by atoms with Crippen LogP contribution in [0.4, 0.5) is 0 Å². The summed E-state index contributed by atoms with van der Waals surface area (Å²) in [4.78, 5) is 0. The molecule has 0 amide bonds. The van der Waals surface area contributed by atoms with Crippen molar-refractivity contribution in [3.8, 4) is 0 Å². The van der Waals surface area contributed by atoms with Crippen molar-refractivity contribution in [1.82, 2.24) is 0 Å². The van der Waals surface area contributed by atoms with E-state index in [1.165, 1.54) is 12.8 Å². The predicted octanol–water partition coefficient (Wildman–Crippen LogP) is 2.72. The smallest absolute Gasteiger partial charge is 0.169 e. The normalized spacial score (nSPS) is 39.9. The molecule has 1 spiro atoms. The molecule has 0 aromatic rings. The molecule has 0 bridgehead atoms. The van der Waals surface area contributed by atoms with E-state index in [-0.39, 0.29) is 18.0 Å². The SMILES string of the molecule is CC1CCC2(CC1)O[C@@H](C)[C@H](C)O2. The van der Waals surface area contributed by atoms with E-state index in [2.05, 4.69) is 20.8 Å². The molecule has 0 radical (unpaired) electrons. The van der Waals surface area contributed by atoms with Crippen LogP contribution in [0.5, 0.6) is 0 Å². The van der Waals surface area contributed by atoms with Gasteiger partial charge in [-0.25, -0.2) is 0 Å². The van der Waals surface area contributed by atoms with E-state index in [0.29, 0.717) is 0 Å². The lowest BCUT2D eigenvalue weighted by molar-refractivity contribution is -0.196. The second-order valence-electron chi connectivity index (χ2n) is 4.74. The third kappa shape index (κ3) is 1.75. The molecule has 2 atom stereocenters. The van der Waals surface area contributed by atoms with Crippen molar-refractivity contribution in [2.75, 3.05) is 0 Å². The second kappa shape index (κ2) is 3.25. The van der Waals surface area contributed by atoms with E-state index >= 15 is 0 Å². The Balaban J connectivity index is 1.99. The van der Waals surface area contributed by atoms with Gasteiger partial charge in [0.25, 0.3) is 0 Å². The summed E-state index contributed by atoms with van der Waals surface area (Å²) in [6, 6.07) is 0. The number of rotatable bonds is 0. The van der Waals surface area contributed by atoms with Crippen LogP contribution >= 0.6 is 0 Å². The van der Waals surface area contributed by atoms with Gasteiger partial charge >= 0.3 is 0 Å². The molecule has 76 valence electrons. The molecular weight excluding hydrogens is 164 g/mol. The minimum atomic E-state index is -0.203. The zero-order chi connectivity index (χ0) is 9.47. The molecule has 2 heteroatoms. The highest BCUT2D eigenvalue weighted by molar-refractivity contribution is 4.86. The van der Waals surface area contributed by atoms with Crippen molar-refractivity contribution < 1.29 is 9.47 Å². The first-order valence-corrected chi connectivity index (χ1v) is 5.47. The zero-order valence-corrected chi connectivity index (χ0v) is 8.88. The van der Waals surface area contributed by atoms with Crippen LogP contribution in [-0.2, 0) is 9.47 Å². The topological polar surface area (TPSA) is 18.5 Å². The molecule has 2 rings (SSSR count). The van der Waals surface area contributed by atoms with Crippen LogP contribution in [0.2, 0.25) is 0 Å². The minimum absolute atomic E-state index is 0.203. The van der Waals surface area contributed by atoms with Gasteiger partial charge in [0.15, 0.2) is 5.79 Å². The fraction of sp³-hybridized carbons (Fsp3) is 1.00. The molecule has 2 aliphatic rings. The quantitative estimate of drug-likeness (QED) is 0.576. The average molecular weight is 184 g/mol. The van der Waals surface area contributed by atoms with Crippen molar-refractivity contribution >= 4 is 0 Å². The summed E-state index contributed by atoms with van der Waals surface area (Å²) in [6.07, 6.45) is 5.21. The first-order chi connectivity index (χ1) is 6.11. The lowest BCUT2D eigenvalue weighted by atomic mass is 9.86. The van der Waals surface area contributed by atoms with Gasteiger partial charge in [0, 0.05) is 12.8 Å². The first-order valence-electron chi connectivity index (χ1n) is 5.47. The van der Waals surface area contributed by atoms with Crippen LogP contribution < -0.4 is 0 Å². The minimum Gasteiger partial charge on any atom is -0.344 e. The van der Waals surface area contributed by atoms with Crippen molar-refractivity contribution in [1.29, 1.82) is 0 Å². The Morgan fingerprint density at radius 2 is 1.38 bits per heavy atom. The van der Waals surface area contributed by atoms with E-state index < -0.39 is 0 Å². The third-order valence-electron chi connectivity index (χ3n) is 3.50. The summed E-state index contributed by atoms with van der Waals surface area (Å²) in [6.45, 7) is 6.53. The standard InChI is InChI=1S/C11H20O2/c1-8-4-6-11(7-5-8)12-9(2)10(3)13-11/h8-10H,4-7H2,1-3H3/t9-,10-/m0/s1. The summed E-state index contributed by atoms with van der Waals surface area (Å²) < 4.78 is 11.9. The van der Waals surface area contributed by atoms with Crippen LogP contribution in [0.15, 0.2) is 0 Å². The Labute approximate surface area is 80.6 Å². The molecule has 0 aromatic carbocycles. The van der Waals surface area contributed by atoms with E-state index in [4.69, 9.17) is 9.47 Å². The van der Waals surface area contributed by atoms with Crippen LogP contribution in [0, 0.1) is 5.92 Å². The van der Waals surface area contributed by atoms with Crippen LogP contribution in [0.3, 0.4) is 0 Å². The van der Waals surface area contributed by atoms with Crippen molar-refractivity contribution in [2.24, 2.45) is 5.92 Å². The summed E-state index contributed by atoms with van der Waals surface area (Å²) in [5, 5.41) is 0. The lowest BCUT2D eigenvalue weighted by Crippen LogP contribution is -2.35. The maximum absolute atomic E-state index is 5.93. The molecular formula is C11H20O2. The predicted molar refractivity (Wildman–Crippen MR) is 51.5 cm³/mol. The maximum atomic E-state index is 5.93. The van der Waals surface area contributed by atoms with E-state index in [0.717, 1.165) is 18.8 Å². The summed E-state index contributed by atoms with van der Waals surface area (Å²) in [5.74, 6) is 0.648. The highest BCUT2D eigenvalue weighted by atomic mass is 16.8. The highest BCUT2D eigenvalue weighted by Crippen LogP contribution is 2.41. The van der Waals surface area contributed by atoms with Crippen molar-refractivity contribution in [3.63, 3.8) is 0 Å². The molecule has 1 heterocycles. The average Bonchev–Trinajstić information content (AvgIpc) is 2.36. The Bertz CT molecular complexity index is 171. The van der Waals surface area contributed by atoms with Gasteiger partial charge in [0.2, 0.25) is 0 Å². The summed E-state index contributed by atoms with van der Waals surface area (Å²) >= 11 is 0. The number of hydrogen-bond donors (Lipinski definition) is 0. The van der Waals surface area contributed by atoms with Gasteiger partial charge < -0.3 is 9.47 Å². The molecule has 13 heavy (non-hydrogen) atoms. The van der Waals surface area contributed by atoms with Gasteiger partial charge in [0.05, 0.1) is 12.2 Å². The fourth-order valence-corrected chi connectivity index (χ4v) is 2.33. The van der Waals surface area contributed by atoms with Gasteiger partial charge in [-0.2, -0.15) is 0 Å². The van der Waals surface area contributed by atoms with Crippen molar-refractivity contribution in [3.05, 3.63) is 0 Å². The molecule has 1 aliphatic carbocycles. The Kier molecular flexibility index (Phi) is 2.37. The zero-order valence-electron chi connectivity index (χ0n) is 8.88.